The number of rotatable bonds is 5. The van der Waals surface area contributed by atoms with Crippen molar-refractivity contribution in [2.45, 2.75) is 26.4 Å². The lowest BCUT2D eigenvalue weighted by molar-refractivity contribution is 0.0687. The van der Waals surface area contributed by atoms with Gasteiger partial charge in [-0.2, -0.15) is 5.10 Å². The van der Waals surface area contributed by atoms with Crippen LogP contribution in [-0.2, 0) is 0 Å². The second kappa shape index (κ2) is 5.64. The fourth-order valence-corrected chi connectivity index (χ4v) is 1.66. The lowest BCUT2D eigenvalue weighted by atomic mass is 10.3. The summed E-state index contributed by atoms with van der Waals surface area (Å²) in [5, 5.41) is 22.2. The molecule has 2 N–H and O–H groups in total. The van der Waals surface area contributed by atoms with E-state index < -0.39 is 5.97 Å². The molecule has 1 heterocycles. The number of aromatic carboxylic acids is 1. The average molecular weight is 276 g/mol. The molecule has 2 rings (SSSR count). The standard InChI is InChI=1S/C14H16N2O4/c1-3-9(2)20-11-6-4-5-10(7-11)16-8-12(17)13(15-16)14(18)19/h4-9,17H,3H2,1-2H3,(H,18,19). The summed E-state index contributed by atoms with van der Waals surface area (Å²) < 4.78 is 7.00. The number of aromatic nitrogens is 2. The molecule has 6 heteroatoms. The van der Waals surface area contributed by atoms with Crippen molar-refractivity contribution in [3.8, 4) is 17.2 Å². The van der Waals surface area contributed by atoms with Gasteiger partial charge in [-0.1, -0.05) is 13.0 Å². The Bertz CT molecular complexity index is 621. The second-order valence-corrected chi connectivity index (χ2v) is 4.45. The van der Waals surface area contributed by atoms with Crippen molar-refractivity contribution in [2.24, 2.45) is 0 Å². The molecule has 0 aliphatic rings. The van der Waals surface area contributed by atoms with Crippen molar-refractivity contribution in [1.82, 2.24) is 9.78 Å². The fraction of sp³-hybridized carbons (Fsp3) is 0.286. The number of carboxylic acid groups (broad SMARTS) is 1. The van der Waals surface area contributed by atoms with Crippen molar-refractivity contribution in [2.75, 3.05) is 0 Å². The molecule has 0 saturated heterocycles. The molecule has 1 atom stereocenters. The molecule has 0 bridgehead atoms. The summed E-state index contributed by atoms with van der Waals surface area (Å²) in [7, 11) is 0. The summed E-state index contributed by atoms with van der Waals surface area (Å²) in [5.41, 5.74) is 0.242. The van der Waals surface area contributed by atoms with E-state index in [1.807, 2.05) is 19.9 Å². The lowest BCUT2D eigenvalue weighted by Gasteiger charge is -2.13. The van der Waals surface area contributed by atoms with Gasteiger partial charge in [0.05, 0.1) is 18.0 Å². The highest BCUT2D eigenvalue weighted by Crippen LogP contribution is 2.22. The predicted molar refractivity (Wildman–Crippen MR) is 72.6 cm³/mol. The van der Waals surface area contributed by atoms with Crippen molar-refractivity contribution >= 4 is 5.97 Å². The van der Waals surface area contributed by atoms with Crippen LogP contribution in [0.3, 0.4) is 0 Å². The third-order valence-corrected chi connectivity index (χ3v) is 2.89. The van der Waals surface area contributed by atoms with Crippen LogP contribution in [0, 0.1) is 0 Å². The number of carbonyl (C=O) groups is 1. The van der Waals surface area contributed by atoms with Crippen LogP contribution in [0.2, 0.25) is 0 Å². The van der Waals surface area contributed by atoms with Crippen LogP contribution in [0.4, 0.5) is 0 Å². The summed E-state index contributed by atoms with van der Waals surface area (Å²) in [5.74, 6) is -0.970. The second-order valence-electron chi connectivity index (χ2n) is 4.45. The number of nitrogens with zero attached hydrogens (tertiary/aromatic N) is 2. The maximum Gasteiger partial charge on any atom is 0.360 e. The van der Waals surface area contributed by atoms with Gasteiger partial charge >= 0.3 is 5.97 Å². The Balaban J connectivity index is 2.31. The Morgan fingerprint density at radius 1 is 1.50 bits per heavy atom. The Morgan fingerprint density at radius 3 is 2.85 bits per heavy atom. The zero-order valence-electron chi connectivity index (χ0n) is 11.3. The molecule has 0 saturated carbocycles. The van der Waals surface area contributed by atoms with Crippen molar-refractivity contribution in [3.63, 3.8) is 0 Å². The zero-order valence-corrected chi connectivity index (χ0v) is 11.3. The van der Waals surface area contributed by atoms with E-state index >= 15 is 0 Å². The molecule has 0 fully saturated rings. The smallest absolute Gasteiger partial charge is 0.360 e. The highest BCUT2D eigenvalue weighted by Gasteiger charge is 2.15. The Kier molecular flexibility index (Phi) is 3.93. The van der Waals surface area contributed by atoms with Gasteiger partial charge in [0.1, 0.15) is 5.75 Å². The van der Waals surface area contributed by atoms with Crippen LogP contribution in [0.5, 0.6) is 11.5 Å². The Hall–Kier alpha value is -2.50. The topological polar surface area (TPSA) is 84.6 Å². The van der Waals surface area contributed by atoms with Crippen molar-refractivity contribution in [3.05, 3.63) is 36.2 Å². The predicted octanol–water partition coefficient (Wildman–Crippen LogP) is 2.45. The number of aromatic hydroxyl groups is 1. The first-order valence-corrected chi connectivity index (χ1v) is 6.30. The third-order valence-electron chi connectivity index (χ3n) is 2.89. The SMILES string of the molecule is CCC(C)Oc1cccc(-n2cc(O)c(C(=O)O)n2)c1. The van der Waals surface area contributed by atoms with Crippen LogP contribution in [0.25, 0.3) is 5.69 Å². The maximum absolute atomic E-state index is 10.9. The molecule has 6 nitrogen and oxygen atoms in total. The Morgan fingerprint density at radius 2 is 2.25 bits per heavy atom. The molecule has 1 aromatic heterocycles. The molecule has 0 amide bonds. The van der Waals surface area contributed by atoms with Crippen molar-refractivity contribution in [1.29, 1.82) is 0 Å². The van der Waals surface area contributed by atoms with Crippen LogP contribution in [0.1, 0.15) is 30.8 Å². The van der Waals surface area contributed by atoms with Crippen LogP contribution in [0.15, 0.2) is 30.5 Å². The molecule has 0 spiro atoms. The normalized spacial score (nSPS) is 12.1. The monoisotopic (exact) mass is 276 g/mol. The summed E-state index contributed by atoms with van der Waals surface area (Å²) in [6, 6.07) is 7.09. The molecular weight excluding hydrogens is 260 g/mol. The molecule has 1 unspecified atom stereocenters. The number of hydrogen-bond donors (Lipinski definition) is 2. The summed E-state index contributed by atoms with van der Waals surface area (Å²) in [6.45, 7) is 3.99. The lowest BCUT2D eigenvalue weighted by Crippen LogP contribution is -2.10. The van der Waals surface area contributed by atoms with Gasteiger partial charge in [-0.15, -0.1) is 0 Å². The van der Waals surface area contributed by atoms with E-state index in [1.54, 1.807) is 18.2 Å². The molecule has 0 aliphatic heterocycles. The highest BCUT2D eigenvalue weighted by molar-refractivity contribution is 5.88. The minimum atomic E-state index is -1.27. The average Bonchev–Trinajstić information content (AvgIpc) is 2.81. The first-order valence-electron chi connectivity index (χ1n) is 6.30. The van der Waals surface area contributed by atoms with E-state index in [4.69, 9.17) is 9.84 Å². The fourth-order valence-electron chi connectivity index (χ4n) is 1.66. The maximum atomic E-state index is 10.9. The van der Waals surface area contributed by atoms with Gasteiger partial charge in [0.15, 0.2) is 5.75 Å². The molecule has 2 aromatic rings. The van der Waals surface area contributed by atoms with E-state index in [0.717, 1.165) is 6.42 Å². The molecule has 0 aliphatic carbocycles. The van der Waals surface area contributed by atoms with E-state index in [-0.39, 0.29) is 17.5 Å². The van der Waals surface area contributed by atoms with Gasteiger partial charge < -0.3 is 14.9 Å². The molecule has 20 heavy (non-hydrogen) atoms. The number of ether oxygens (including phenoxy) is 1. The summed E-state index contributed by atoms with van der Waals surface area (Å²) in [4.78, 5) is 10.9. The molecular formula is C14H16N2O4. The minimum Gasteiger partial charge on any atom is -0.504 e. The van der Waals surface area contributed by atoms with E-state index in [1.165, 1.54) is 10.9 Å². The quantitative estimate of drug-likeness (QED) is 0.876. The Labute approximate surface area is 116 Å². The van der Waals surface area contributed by atoms with Crippen LogP contribution < -0.4 is 4.74 Å². The van der Waals surface area contributed by atoms with Gasteiger partial charge in [-0.3, -0.25) is 0 Å². The van der Waals surface area contributed by atoms with Gasteiger partial charge in [0, 0.05) is 6.07 Å². The van der Waals surface area contributed by atoms with Gasteiger partial charge in [0.2, 0.25) is 5.69 Å². The highest BCUT2D eigenvalue weighted by atomic mass is 16.5. The van der Waals surface area contributed by atoms with Gasteiger partial charge in [-0.25, -0.2) is 9.48 Å². The van der Waals surface area contributed by atoms with Crippen LogP contribution >= 0.6 is 0 Å². The number of carboxylic acids is 1. The summed E-state index contributed by atoms with van der Waals surface area (Å²) >= 11 is 0. The van der Waals surface area contributed by atoms with E-state index in [0.29, 0.717) is 11.4 Å². The first-order chi connectivity index (χ1) is 9.51. The number of benzene rings is 1. The number of hydrogen-bond acceptors (Lipinski definition) is 4. The van der Waals surface area contributed by atoms with E-state index in [2.05, 4.69) is 5.10 Å². The first kappa shape index (κ1) is 13.9. The van der Waals surface area contributed by atoms with Gasteiger partial charge in [0.25, 0.3) is 0 Å². The largest absolute Gasteiger partial charge is 0.504 e. The zero-order chi connectivity index (χ0) is 14.7. The van der Waals surface area contributed by atoms with Gasteiger partial charge in [-0.05, 0) is 25.5 Å². The summed E-state index contributed by atoms with van der Waals surface area (Å²) in [6.07, 6.45) is 2.23. The molecule has 0 radical (unpaired) electrons. The molecule has 1 aromatic carbocycles. The minimum absolute atomic E-state index is 0.0888. The van der Waals surface area contributed by atoms with Crippen LogP contribution in [-0.4, -0.2) is 32.1 Å². The van der Waals surface area contributed by atoms with E-state index in [9.17, 15) is 9.90 Å². The molecule has 106 valence electrons. The van der Waals surface area contributed by atoms with Crippen molar-refractivity contribution < 1.29 is 19.7 Å². The third kappa shape index (κ3) is 2.90.